The SMILES string of the molecule is Cc1c(-c2ccccc2)oc2c(C(=O)OC[C@H]3CCCCO3)cccc2c1=O. The minimum atomic E-state index is -0.509. The number of hydrogen-bond acceptors (Lipinski definition) is 5. The number of esters is 1. The number of carbonyl (C=O) groups is 1. The number of fused-ring (bicyclic) bond motifs is 1. The first-order chi connectivity index (χ1) is 13.6. The van der Waals surface area contributed by atoms with Crippen LogP contribution in [0.15, 0.2) is 57.7 Å². The van der Waals surface area contributed by atoms with Gasteiger partial charge < -0.3 is 13.9 Å². The average molecular weight is 378 g/mol. The van der Waals surface area contributed by atoms with Gasteiger partial charge in [-0.2, -0.15) is 0 Å². The lowest BCUT2D eigenvalue weighted by Gasteiger charge is -2.22. The quantitative estimate of drug-likeness (QED) is 0.626. The number of hydrogen-bond donors (Lipinski definition) is 0. The summed E-state index contributed by atoms with van der Waals surface area (Å²) in [4.78, 5) is 25.6. The number of carbonyl (C=O) groups excluding carboxylic acids is 1. The van der Waals surface area contributed by atoms with Gasteiger partial charge in [-0.15, -0.1) is 0 Å². The Labute approximate surface area is 162 Å². The summed E-state index contributed by atoms with van der Waals surface area (Å²) in [6.45, 7) is 2.64. The predicted molar refractivity (Wildman–Crippen MR) is 107 cm³/mol. The molecule has 2 aromatic carbocycles. The molecule has 0 saturated carbocycles. The van der Waals surface area contributed by atoms with Crippen LogP contribution in [0, 0.1) is 6.92 Å². The fourth-order valence-electron chi connectivity index (χ4n) is 3.52. The van der Waals surface area contributed by atoms with Crippen LogP contribution in [-0.4, -0.2) is 25.3 Å². The summed E-state index contributed by atoms with van der Waals surface area (Å²) in [7, 11) is 0. The molecule has 2 heterocycles. The molecule has 3 aromatic rings. The van der Waals surface area contributed by atoms with Crippen LogP contribution in [0.5, 0.6) is 0 Å². The van der Waals surface area contributed by atoms with Gasteiger partial charge in [0.25, 0.3) is 0 Å². The van der Waals surface area contributed by atoms with Crippen molar-refractivity contribution in [2.45, 2.75) is 32.3 Å². The Morgan fingerprint density at radius 1 is 1.11 bits per heavy atom. The molecule has 1 aromatic heterocycles. The van der Waals surface area contributed by atoms with E-state index in [0.29, 0.717) is 23.3 Å². The van der Waals surface area contributed by atoms with Crippen molar-refractivity contribution in [1.82, 2.24) is 0 Å². The maximum Gasteiger partial charge on any atom is 0.342 e. The third-order valence-corrected chi connectivity index (χ3v) is 5.08. The minimum absolute atomic E-state index is 0.0678. The van der Waals surface area contributed by atoms with Crippen LogP contribution < -0.4 is 5.43 Å². The van der Waals surface area contributed by atoms with Crippen molar-refractivity contribution in [3.63, 3.8) is 0 Å². The van der Waals surface area contributed by atoms with Crippen molar-refractivity contribution in [3.8, 4) is 11.3 Å². The topological polar surface area (TPSA) is 65.7 Å². The van der Waals surface area contributed by atoms with E-state index in [4.69, 9.17) is 13.9 Å². The minimum Gasteiger partial charge on any atom is -0.459 e. The molecular formula is C23H22O5. The Morgan fingerprint density at radius 3 is 2.68 bits per heavy atom. The molecule has 0 N–H and O–H groups in total. The van der Waals surface area contributed by atoms with Gasteiger partial charge in [0.2, 0.25) is 0 Å². The summed E-state index contributed by atoms with van der Waals surface area (Å²) in [5.74, 6) is -0.0419. The third kappa shape index (κ3) is 3.58. The van der Waals surface area contributed by atoms with Crippen molar-refractivity contribution < 1.29 is 18.7 Å². The highest BCUT2D eigenvalue weighted by atomic mass is 16.6. The van der Waals surface area contributed by atoms with Gasteiger partial charge in [0.15, 0.2) is 11.0 Å². The van der Waals surface area contributed by atoms with Crippen LogP contribution in [0.2, 0.25) is 0 Å². The molecule has 1 atom stereocenters. The zero-order valence-electron chi connectivity index (χ0n) is 15.8. The molecular weight excluding hydrogens is 356 g/mol. The second-order valence-corrected chi connectivity index (χ2v) is 7.02. The zero-order valence-corrected chi connectivity index (χ0v) is 15.8. The summed E-state index contributed by atoms with van der Waals surface area (Å²) < 4.78 is 17.1. The summed E-state index contributed by atoms with van der Waals surface area (Å²) in [5.41, 5.74) is 1.66. The van der Waals surface area contributed by atoms with E-state index in [-0.39, 0.29) is 29.3 Å². The van der Waals surface area contributed by atoms with Crippen molar-refractivity contribution >= 4 is 16.9 Å². The van der Waals surface area contributed by atoms with Crippen LogP contribution >= 0.6 is 0 Å². The highest BCUT2D eigenvalue weighted by Crippen LogP contribution is 2.27. The summed E-state index contributed by atoms with van der Waals surface area (Å²) in [6.07, 6.45) is 2.93. The van der Waals surface area contributed by atoms with E-state index in [0.717, 1.165) is 24.8 Å². The fraction of sp³-hybridized carbons (Fsp3) is 0.304. The lowest BCUT2D eigenvalue weighted by atomic mass is 10.0. The van der Waals surface area contributed by atoms with E-state index < -0.39 is 5.97 Å². The molecule has 5 heteroatoms. The van der Waals surface area contributed by atoms with Gasteiger partial charge >= 0.3 is 5.97 Å². The molecule has 0 amide bonds. The smallest absolute Gasteiger partial charge is 0.342 e. The lowest BCUT2D eigenvalue weighted by Crippen LogP contribution is -2.26. The fourth-order valence-corrected chi connectivity index (χ4v) is 3.52. The monoisotopic (exact) mass is 378 g/mol. The number of ether oxygens (including phenoxy) is 2. The summed E-state index contributed by atoms with van der Waals surface area (Å²) >= 11 is 0. The maximum atomic E-state index is 12.9. The van der Waals surface area contributed by atoms with Crippen LogP contribution in [0.3, 0.4) is 0 Å². The molecule has 0 aliphatic carbocycles. The molecule has 1 aliphatic rings. The number of rotatable bonds is 4. The van der Waals surface area contributed by atoms with Gasteiger partial charge in [-0.25, -0.2) is 4.79 Å². The molecule has 4 rings (SSSR count). The first-order valence-electron chi connectivity index (χ1n) is 9.55. The molecule has 0 bridgehead atoms. The van der Waals surface area contributed by atoms with Crippen molar-refractivity contribution in [1.29, 1.82) is 0 Å². The van der Waals surface area contributed by atoms with Gasteiger partial charge in [0.1, 0.15) is 17.9 Å². The third-order valence-electron chi connectivity index (χ3n) is 5.08. The van der Waals surface area contributed by atoms with E-state index >= 15 is 0 Å². The van der Waals surface area contributed by atoms with E-state index in [1.54, 1.807) is 25.1 Å². The second-order valence-electron chi connectivity index (χ2n) is 7.02. The molecule has 144 valence electrons. The Bertz CT molecular complexity index is 1050. The molecule has 1 aliphatic heterocycles. The van der Waals surface area contributed by atoms with Crippen molar-refractivity contribution in [2.24, 2.45) is 0 Å². The number of para-hydroxylation sites is 1. The second kappa shape index (κ2) is 7.98. The Balaban J connectivity index is 1.71. The van der Waals surface area contributed by atoms with E-state index in [1.807, 2.05) is 30.3 Å². The van der Waals surface area contributed by atoms with Gasteiger partial charge in [-0.05, 0) is 38.3 Å². The predicted octanol–water partition coefficient (Wildman–Crippen LogP) is 4.49. The van der Waals surface area contributed by atoms with Crippen molar-refractivity contribution in [3.05, 3.63) is 69.9 Å². The zero-order chi connectivity index (χ0) is 19.5. The van der Waals surface area contributed by atoms with Gasteiger partial charge in [-0.3, -0.25) is 4.79 Å². The molecule has 1 fully saturated rings. The standard InChI is InChI=1S/C23H22O5/c1-15-20(24)18-11-7-12-19(23(25)27-14-17-10-5-6-13-26-17)22(18)28-21(15)16-8-3-2-4-9-16/h2-4,7-9,11-12,17H,5-6,10,13-14H2,1H3/t17-/m1/s1. The van der Waals surface area contributed by atoms with Crippen LogP contribution in [0.4, 0.5) is 0 Å². The largest absolute Gasteiger partial charge is 0.459 e. The number of benzene rings is 2. The molecule has 0 spiro atoms. The highest BCUT2D eigenvalue weighted by molar-refractivity contribution is 6.02. The molecule has 1 saturated heterocycles. The summed E-state index contributed by atoms with van der Waals surface area (Å²) in [5, 5.41) is 0.376. The lowest BCUT2D eigenvalue weighted by molar-refractivity contribution is -0.0300. The van der Waals surface area contributed by atoms with Gasteiger partial charge in [0.05, 0.1) is 11.5 Å². The Morgan fingerprint density at radius 2 is 1.93 bits per heavy atom. The first kappa shape index (κ1) is 18.4. The summed E-state index contributed by atoms with van der Waals surface area (Å²) in [6, 6.07) is 14.4. The maximum absolute atomic E-state index is 12.9. The van der Waals surface area contributed by atoms with Gasteiger partial charge in [0, 0.05) is 17.7 Å². The van der Waals surface area contributed by atoms with E-state index in [1.165, 1.54) is 0 Å². The van der Waals surface area contributed by atoms with Crippen LogP contribution in [-0.2, 0) is 9.47 Å². The van der Waals surface area contributed by atoms with E-state index in [2.05, 4.69) is 0 Å². The normalized spacial score (nSPS) is 16.8. The molecule has 5 nitrogen and oxygen atoms in total. The van der Waals surface area contributed by atoms with Gasteiger partial charge in [-0.1, -0.05) is 36.4 Å². The molecule has 28 heavy (non-hydrogen) atoms. The first-order valence-corrected chi connectivity index (χ1v) is 9.55. The molecule has 0 unspecified atom stereocenters. The van der Waals surface area contributed by atoms with E-state index in [9.17, 15) is 9.59 Å². The Hall–Kier alpha value is -2.92. The average Bonchev–Trinajstić information content (AvgIpc) is 2.75. The van der Waals surface area contributed by atoms with Crippen LogP contribution in [0.25, 0.3) is 22.3 Å². The highest BCUT2D eigenvalue weighted by Gasteiger charge is 2.21. The van der Waals surface area contributed by atoms with Crippen LogP contribution in [0.1, 0.15) is 35.2 Å². The Kier molecular flexibility index (Phi) is 5.26. The molecule has 0 radical (unpaired) electrons. The van der Waals surface area contributed by atoms with Crippen molar-refractivity contribution in [2.75, 3.05) is 13.2 Å².